The van der Waals surface area contributed by atoms with E-state index in [9.17, 15) is 19.5 Å². The van der Waals surface area contributed by atoms with Gasteiger partial charge in [-0.05, 0) is 32.2 Å². The highest BCUT2D eigenvalue weighted by Gasteiger charge is 2.38. The first kappa shape index (κ1) is 15.7. The van der Waals surface area contributed by atoms with Crippen LogP contribution in [-0.2, 0) is 14.4 Å². The largest absolute Gasteiger partial charge is 0.480 e. The zero-order valence-electron chi connectivity index (χ0n) is 11.7. The molecule has 2 rings (SSSR count). The highest BCUT2D eigenvalue weighted by molar-refractivity contribution is 5.92. The minimum atomic E-state index is -1.08. The molecule has 2 amide bonds. The predicted octanol–water partition coefficient (Wildman–Crippen LogP) is -1.71. The summed E-state index contributed by atoms with van der Waals surface area (Å²) in [6, 6.07) is -2.30. The summed E-state index contributed by atoms with van der Waals surface area (Å²) in [4.78, 5) is 36.6. The van der Waals surface area contributed by atoms with Crippen molar-refractivity contribution in [3.8, 4) is 0 Å². The molecule has 2 saturated heterocycles. The normalized spacial score (nSPS) is 26.6. The Hall–Kier alpha value is -1.67. The fraction of sp³-hybridized carbons (Fsp3) is 0.769. The van der Waals surface area contributed by atoms with E-state index in [4.69, 9.17) is 5.11 Å². The highest BCUT2D eigenvalue weighted by atomic mass is 16.4. The Balaban J connectivity index is 1.97. The Morgan fingerprint density at radius 3 is 2.62 bits per heavy atom. The Bertz CT molecular complexity index is 422. The van der Waals surface area contributed by atoms with Gasteiger partial charge < -0.3 is 25.7 Å². The van der Waals surface area contributed by atoms with Gasteiger partial charge in [-0.2, -0.15) is 0 Å². The van der Waals surface area contributed by atoms with Crippen molar-refractivity contribution in [3.63, 3.8) is 0 Å². The lowest BCUT2D eigenvalue weighted by Gasteiger charge is -2.27. The lowest BCUT2D eigenvalue weighted by atomic mass is 10.1. The van der Waals surface area contributed by atoms with Crippen LogP contribution in [0.5, 0.6) is 0 Å². The molecule has 118 valence electrons. The molecule has 21 heavy (non-hydrogen) atoms. The number of hydrogen-bond acceptors (Lipinski definition) is 5. The van der Waals surface area contributed by atoms with Gasteiger partial charge in [0.05, 0.1) is 12.6 Å². The summed E-state index contributed by atoms with van der Waals surface area (Å²) in [5.41, 5.74) is 0. The predicted molar refractivity (Wildman–Crippen MR) is 72.4 cm³/mol. The summed E-state index contributed by atoms with van der Waals surface area (Å²) in [5, 5.41) is 23.9. The topological polar surface area (TPSA) is 119 Å². The molecule has 2 aliphatic heterocycles. The molecular weight excluding hydrogens is 278 g/mol. The minimum absolute atomic E-state index is 0.328. The van der Waals surface area contributed by atoms with Crippen molar-refractivity contribution in [1.29, 1.82) is 0 Å². The minimum Gasteiger partial charge on any atom is -0.480 e. The van der Waals surface area contributed by atoms with Crippen molar-refractivity contribution in [3.05, 3.63) is 0 Å². The van der Waals surface area contributed by atoms with E-state index in [0.717, 1.165) is 13.0 Å². The van der Waals surface area contributed by atoms with Crippen molar-refractivity contribution < 1.29 is 24.6 Å². The van der Waals surface area contributed by atoms with Gasteiger partial charge in [-0.25, -0.2) is 4.79 Å². The second-order valence-electron chi connectivity index (χ2n) is 5.42. The summed E-state index contributed by atoms with van der Waals surface area (Å²) >= 11 is 0. The van der Waals surface area contributed by atoms with Crippen LogP contribution in [0, 0.1) is 0 Å². The van der Waals surface area contributed by atoms with Gasteiger partial charge in [-0.1, -0.05) is 0 Å². The van der Waals surface area contributed by atoms with Crippen LogP contribution in [-0.4, -0.2) is 70.7 Å². The maximum atomic E-state index is 12.3. The van der Waals surface area contributed by atoms with E-state index in [1.807, 2.05) is 0 Å². The summed E-state index contributed by atoms with van der Waals surface area (Å²) in [7, 11) is 0. The van der Waals surface area contributed by atoms with Gasteiger partial charge in [0.1, 0.15) is 12.1 Å². The summed E-state index contributed by atoms with van der Waals surface area (Å²) in [6.07, 6.45) is 2.60. The molecule has 2 aliphatic rings. The van der Waals surface area contributed by atoms with Crippen molar-refractivity contribution in [2.24, 2.45) is 0 Å². The molecule has 2 fully saturated rings. The molecule has 0 bridgehead atoms. The fourth-order valence-electron chi connectivity index (χ4n) is 2.85. The Morgan fingerprint density at radius 1 is 1.29 bits per heavy atom. The van der Waals surface area contributed by atoms with Gasteiger partial charge in [0.25, 0.3) is 0 Å². The van der Waals surface area contributed by atoms with Gasteiger partial charge in [0.15, 0.2) is 0 Å². The molecule has 2 heterocycles. The van der Waals surface area contributed by atoms with E-state index in [0.29, 0.717) is 25.8 Å². The molecule has 0 unspecified atom stereocenters. The van der Waals surface area contributed by atoms with E-state index >= 15 is 0 Å². The van der Waals surface area contributed by atoms with Crippen LogP contribution in [0.4, 0.5) is 0 Å². The first-order chi connectivity index (χ1) is 10.0. The number of nitrogens with one attached hydrogen (secondary N) is 2. The second kappa shape index (κ2) is 6.86. The third kappa shape index (κ3) is 3.51. The Labute approximate surface area is 122 Å². The number of amides is 2. The zero-order valence-corrected chi connectivity index (χ0v) is 11.7. The standard InChI is InChI=1S/C13H21N3O5/c17-7-9(15-11(18)8-3-1-5-14-8)12(19)16-6-2-4-10(16)13(20)21/h8-10,14,17H,1-7H2,(H,15,18)(H,20,21)/t8-,9-,10+/m0/s1. The molecule has 0 saturated carbocycles. The van der Waals surface area contributed by atoms with E-state index in [1.54, 1.807) is 0 Å². The number of aliphatic carboxylic acids is 1. The molecule has 0 radical (unpaired) electrons. The quantitative estimate of drug-likeness (QED) is 0.480. The van der Waals surface area contributed by atoms with Crippen LogP contribution < -0.4 is 10.6 Å². The average molecular weight is 299 g/mol. The van der Waals surface area contributed by atoms with Crippen LogP contribution in [0.1, 0.15) is 25.7 Å². The number of aliphatic hydroxyl groups excluding tert-OH is 1. The number of rotatable bonds is 5. The maximum Gasteiger partial charge on any atom is 0.326 e. The van der Waals surface area contributed by atoms with Crippen molar-refractivity contribution >= 4 is 17.8 Å². The summed E-state index contributed by atoms with van der Waals surface area (Å²) < 4.78 is 0. The monoisotopic (exact) mass is 299 g/mol. The zero-order chi connectivity index (χ0) is 15.4. The van der Waals surface area contributed by atoms with Crippen LogP contribution in [0.15, 0.2) is 0 Å². The molecule has 0 aliphatic carbocycles. The number of nitrogens with zero attached hydrogens (tertiary/aromatic N) is 1. The SMILES string of the molecule is O=C(N[C@@H](CO)C(=O)N1CCC[C@@H]1C(=O)O)[C@@H]1CCCN1. The van der Waals surface area contributed by atoms with Crippen LogP contribution in [0.25, 0.3) is 0 Å². The van der Waals surface area contributed by atoms with Crippen molar-refractivity contribution in [2.45, 2.75) is 43.8 Å². The fourth-order valence-corrected chi connectivity index (χ4v) is 2.85. The number of carbonyl (C=O) groups excluding carboxylic acids is 2. The van der Waals surface area contributed by atoms with Crippen LogP contribution in [0.2, 0.25) is 0 Å². The number of carboxylic acid groups (broad SMARTS) is 1. The number of likely N-dealkylation sites (tertiary alicyclic amines) is 1. The molecule has 8 heteroatoms. The molecule has 0 spiro atoms. The maximum absolute atomic E-state index is 12.3. The third-order valence-electron chi connectivity index (χ3n) is 3.99. The van der Waals surface area contributed by atoms with Gasteiger partial charge >= 0.3 is 5.97 Å². The lowest BCUT2D eigenvalue weighted by molar-refractivity contribution is -0.149. The van der Waals surface area contributed by atoms with Gasteiger partial charge in [-0.3, -0.25) is 9.59 Å². The number of aliphatic hydroxyl groups is 1. The van der Waals surface area contributed by atoms with Crippen molar-refractivity contribution in [1.82, 2.24) is 15.5 Å². The number of hydrogen-bond donors (Lipinski definition) is 4. The first-order valence-electron chi connectivity index (χ1n) is 7.22. The molecule has 0 aromatic heterocycles. The van der Waals surface area contributed by atoms with E-state index in [1.165, 1.54) is 4.90 Å². The van der Waals surface area contributed by atoms with Gasteiger partial charge in [-0.15, -0.1) is 0 Å². The third-order valence-corrected chi connectivity index (χ3v) is 3.99. The van der Waals surface area contributed by atoms with E-state index in [2.05, 4.69) is 10.6 Å². The van der Waals surface area contributed by atoms with E-state index in [-0.39, 0.29) is 11.9 Å². The number of carbonyl (C=O) groups is 3. The molecule has 0 aromatic rings. The molecule has 0 aromatic carbocycles. The van der Waals surface area contributed by atoms with Crippen LogP contribution >= 0.6 is 0 Å². The van der Waals surface area contributed by atoms with Gasteiger partial charge in [0, 0.05) is 6.54 Å². The molecule has 3 atom stereocenters. The average Bonchev–Trinajstić information content (AvgIpc) is 3.13. The van der Waals surface area contributed by atoms with Crippen LogP contribution in [0.3, 0.4) is 0 Å². The van der Waals surface area contributed by atoms with Crippen molar-refractivity contribution in [2.75, 3.05) is 19.7 Å². The summed E-state index contributed by atoms with van der Waals surface area (Å²) in [5.74, 6) is -1.92. The lowest BCUT2D eigenvalue weighted by Crippen LogP contribution is -2.55. The molecule has 8 nitrogen and oxygen atoms in total. The second-order valence-corrected chi connectivity index (χ2v) is 5.42. The van der Waals surface area contributed by atoms with E-state index < -0.39 is 30.6 Å². The number of carboxylic acids is 1. The molecule has 4 N–H and O–H groups in total. The Morgan fingerprint density at radius 2 is 2.05 bits per heavy atom. The van der Waals surface area contributed by atoms with Gasteiger partial charge in [0.2, 0.25) is 11.8 Å². The molecular formula is C13H21N3O5. The smallest absolute Gasteiger partial charge is 0.326 e. The summed E-state index contributed by atoms with van der Waals surface area (Å²) in [6.45, 7) is 0.549. The highest BCUT2D eigenvalue weighted by Crippen LogP contribution is 2.18. The first-order valence-corrected chi connectivity index (χ1v) is 7.22. The Kier molecular flexibility index (Phi) is 5.13.